The van der Waals surface area contributed by atoms with Gasteiger partial charge in [-0.1, -0.05) is 45.4 Å². The molecular weight excluding hydrogens is 196 g/mol. The second kappa shape index (κ2) is 6.02. The summed E-state index contributed by atoms with van der Waals surface area (Å²) in [6.07, 6.45) is 12.7. The van der Waals surface area contributed by atoms with E-state index in [1.807, 2.05) is 0 Å². The number of nitrogens with one attached hydrogen (secondary N) is 1. The van der Waals surface area contributed by atoms with E-state index in [0.29, 0.717) is 6.04 Å². The van der Waals surface area contributed by atoms with Gasteiger partial charge in [-0.25, -0.2) is 0 Å². The van der Waals surface area contributed by atoms with Crippen LogP contribution in [-0.2, 0) is 0 Å². The Morgan fingerprint density at radius 3 is 2.31 bits per heavy atom. The normalized spacial score (nSPS) is 34.1. The van der Waals surface area contributed by atoms with Crippen molar-refractivity contribution in [2.45, 2.75) is 70.8 Å². The minimum absolute atomic E-state index is 0.604. The van der Waals surface area contributed by atoms with Gasteiger partial charge >= 0.3 is 0 Å². The Balaban J connectivity index is 1.99. The molecule has 16 heavy (non-hydrogen) atoms. The van der Waals surface area contributed by atoms with E-state index in [1.54, 1.807) is 0 Å². The van der Waals surface area contributed by atoms with Gasteiger partial charge in [0, 0.05) is 6.04 Å². The van der Waals surface area contributed by atoms with E-state index in [1.165, 1.54) is 57.8 Å². The zero-order chi connectivity index (χ0) is 11.4. The molecule has 0 radical (unpaired) electrons. The van der Waals surface area contributed by atoms with E-state index in [9.17, 15) is 0 Å². The summed E-state index contributed by atoms with van der Waals surface area (Å²) >= 11 is 0. The number of hydrogen-bond donors (Lipinski definition) is 2. The first-order chi connectivity index (χ1) is 7.86. The molecule has 0 aromatic rings. The predicted molar refractivity (Wildman–Crippen MR) is 68.8 cm³/mol. The summed E-state index contributed by atoms with van der Waals surface area (Å²) in [5, 5.41) is 0. The summed E-state index contributed by atoms with van der Waals surface area (Å²) in [6, 6.07) is 0.604. The molecule has 2 nitrogen and oxygen atoms in total. The average molecular weight is 224 g/mol. The second-order valence-corrected chi connectivity index (χ2v) is 5.85. The van der Waals surface area contributed by atoms with Crippen LogP contribution in [0.1, 0.15) is 64.7 Å². The largest absolute Gasteiger partial charge is 0.271 e. The van der Waals surface area contributed by atoms with Crippen LogP contribution in [0.3, 0.4) is 0 Å². The minimum atomic E-state index is 0.604. The molecule has 0 aromatic heterocycles. The molecule has 2 saturated carbocycles. The molecule has 0 spiro atoms. The van der Waals surface area contributed by atoms with Crippen LogP contribution in [0, 0.1) is 17.8 Å². The summed E-state index contributed by atoms with van der Waals surface area (Å²) in [7, 11) is 0. The van der Waals surface area contributed by atoms with Crippen LogP contribution in [-0.4, -0.2) is 6.04 Å². The minimum Gasteiger partial charge on any atom is -0.271 e. The molecule has 2 aliphatic carbocycles. The molecule has 2 aliphatic rings. The molecule has 2 fully saturated rings. The van der Waals surface area contributed by atoms with E-state index in [0.717, 1.165) is 17.8 Å². The van der Waals surface area contributed by atoms with E-state index in [2.05, 4.69) is 12.3 Å². The van der Waals surface area contributed by atoms with E-state index >= 15 is 0 Å². The van der Waals surface area contributed by atoms with Crippen molar-refractivity contribution in [3.63, 3.8) is 0 Å². The van der Waals surface area contributed by atoms with Crippen molar-refractivity contribution in [3.05, 3.63) is 0 Å². The Bertz CT molecular complexity index is 197. The highest BCUT2D eigenvalue weighted by Crippen LogP contribution is 2.40. The van der Waals surface area contributed by atoms with Crippen LogP contribution in [0.2, 0.25) is 0 Å². The van der Waals surface area contributed by atoms with Crippen LogP contribution in [0.25, 0.3) is 0 Å². The van der Waals surface area contributed by atoms with Gasteiger partial charge in [-0.3, -0.25) is 11.3 Å². The fourth-order valence-electron chi connectivity index (χ4n) is 4.14. The van der Waals surface area contributed by atoms with Crippen LogP contribution in [0.4, 0.5) is 0 Å². The number of hydrogen-bond acceptors (Lipinski definition) is 2. The van der Waals surface area contributed by atoms with Gasteiger partial charge in [-0.05, 0) is 37.0 Å². The lowest BCUT2D eigenvalue weighted by atomic mass is 9.71. The van der Waals surface area contributed by atoms with E-state index < -0.39 is 0 Å². The summed E-state index contributed by atoms with van der Waals surface area (Å²) in [5.74, 6) is 8.49. The summed E-state index contributed by atoms with van der Waals surface area (Å²) < 4.78 is 0. The van der Waals surface area contributed by atoms with Crippen LogP contribution in [0.15, 0.2) is 0 Å². The molecule has 3 atom stereocenters. The SMILES string of the molecule is CCC1CCCCC1C(NN)C1CCCC1. The zero-order valence-electron chi connectivity index (χ0n) is 10.8. The van der Waals surface area contributed by atoms with E-state index in [-0.39, 0.29) is 0 Å². The van der Waals surface area contributed by atoms with Crippen LogP contribution >= 0.6 is 0 Å². The van der Waals surface area contributed by atoms with Gasteiger partial charge in [0.15, 0.2) is 0 Å². The molecule has 0 amide bonds. The second-order valence-electron chi connectivity index (χ2n) is 5.85. The van der Waals surface area contributed by atoms with Crippen molar-refractivity contribution in [1.29, 1.82) is 0 Å². The quantitative estimate of drug-likeness (QED) is 0.568. The van der Waals surface area contributed by atoms with Gasteiger partial charge in [0.1, 0.15) is 0 Å². The molecule has 0 aliphatic heterocycles. The molecule has 0 aromatic carbocycles. The fourth-order valence-corrected chi connectivity index (χ4v) is 4.14. The smallest absolute Gasteiger partial charge is 0.0269 e. The Kier molecular flexibility index (Phi) is 4.66. The molecule has 3 N–H and O–H groups in total. The summed E-state index contributed by atoms with van der Waals surface area (Å²) in [6.45, 7) is 2.35. The molecule has 0 heterocycles. The van der Waals surface area contributed by atoms with Crippen molar-refractivity contribution in [3.8, 4) is 0 Å². The molecule has 0 bridgehead atoms. The number of nitrogens with two attached hydrogens (primary N) is 1. The Hall–Kier alpha value is -0.0800. The van der Waals surface area contributed by atoms with Gasteiger partial charge in [0.2, 0.25) is 0 Å². The Labute approximate surface area is 100 Å². The maximum absolute atomic E-state index is 5.85. The van der Waals surface area contributed by atoms with Crippen molar-refractivity contribution in [1.82, 2.24) is 5.43 Å². The summed E-state index contributed by atoms with van der Waals surface area (Å²) in [5.41, 5.74) is 3.18. The van der Waals surface area contributed by atoms with Crippen LogP contribution in [0.5, 0.6) is 0 Å². The lowest BCUT2D eigenvalue weighted by Gasteiger charge is -2.39. The standard InChI is InChI=1S/C14H28N2/c1-2-11-7-5-6-10-13(11)14(16-15)12-8-3-4-9-12/h11-14,16H,2-10,15H2,1H3. The third-order valence-corrected chi connectivity index (χ3v) is 5.05. The van der Waals surface area contributed by atoms with Gasteiger partial charge in [0.05, 0.1) is 0 Å². The first-order valence-corrected chi connectivity index (χ1v) is 7.33. The Morgan fingerprint density at radius 1 is 1.06 bits per heavy atom. The maximum atomic E-state index is 5.85. The lowest BCUT2D eigenvalue weighted by molar-refractivity contribution is 0.138. The van der Waals surface area contributed by atoms with Crippen molar-refractivity contribution in [2.24, 2.45) is 23.6 Å². The van der Waals surface area contributed by atoms with Crippen molar-refractivity contribution >= 4 is 0 Å². The van der Waals surface area contributed by atoms with Gasteiger partial charge in [-0.15, -0.1) is 0 Å². The van der Waals surface area contributed by atoms with Gasteiger partial charge in [-0.2, -0.15) is 0 Å². The Morgan fingerprint density at radius 2 is 1.69 bits per heavy atom. The molecule has 94 valence electrons. The molecule has 3 unspecified atom stereocenters. The monoisotopic (exact) mass is 224 g/mol. The predicted octanol–water partition coefficient (Wildman–Crippen LogP) is 3.22. The average Bonchev–Trinajstić information content (AvgIpc) is 2.84. The number of hydrazine groups is 1. The number of rotatable bonds is 4. The molecule has 0 saturated heterocycles. The van der Waals surface area contributed by atoms with Crippen molar-refractivity contribution < 1.29 is 0 Å². The third-order valence-electron chi connectivity index (χ3n) is 5.05. The molecular formula is C14H28N2. The van der Waals surface area contributed by atoms with Gasteiger partial charge < -0.3 is 0 Å². The van der Waals surface area contributed by atoms with Crippen molar-refractivity contribution in [2.75, 3.05) is 0 Å². The maximum Gasteiger partial charge on any atom is 0.0269 e. The van der Waals surface area contributed by atoms with Crippen LogP contribution < -0.4 is 11.3 Å². The highest BCUT2D eigenvalue weighted by Gasteiger charge is 2.35. The summed E-state index contributed by atoms with van der Waals surface area (Å²) in [4.78, 5) is 0. The first kappa shape index (κ1) is 12.4. The highest BCUT2D eigenvalue weighted by atomic mass is 15.2. The van der Waals surface area contributed by atoms with E-state index in [4.69, 9.17) is 5.84 Å². The molecule has 2 rings (SSSR count). The van der Waals surface area contributed by atoms with Gasteiger partial charge in [0.25, 0.3) is 0 Å². The first-order valence-electron chi connectivity index (χ1n) is 7.33. The molecule has 2 heteroatoms. The lowest BCUT2D eigenvalue weighted by Crippen LogP contribution is -2.48. The fraction of sp³-hybridized carbons (Fsp3) is 1.00. The third kappa shape index (κ3) is 2.60. The topological polar surface area (TPSA) is 38.0 Å². The highest BCUT2D eigenvalue weighted by molar-refractivity contribution is 4.89. The zero-order valence-corrected chi connectivity index (χ0v) is 10.8.